The second-order valence-corrected chi connectivity index (χ2v) is 5.79. The number of nitrogens with two attached hydrogens (primary N) is 1. The Labute approximate surface area is 145 Å². The van der Waals surface area contributed by atoms with Crippen molar-refractivity contribution in [1.82, 2.24) is 10.3 Å². The monoisotopic (exact) mass is 352 g/mol. The van der Waals surface area contributed by atoms with Gasteiger partial charge in [0.1, 0.15) is 0 Å². The van der Waals surface area contributed by atoms with Crippen LogP contribution in [0.2, 0.25) is 10.0 Å². The highest BCUT2D eigenvalue weighted by Crippen LogP contribution is 2.25. The first-order valence-electron chi connectivity index (χ1n) is 7.00. The molecule has 1 aromatic carbocycles. The summed E-state index contributed by atoms with van der Waals surface area (Å²) >= 11 is 12.1. The molecule has 0 aliphatic carbocycles. The Bertz CT molecular complexity index is 689. The minimum atomic E-state index is -0.0856. The van der Waals surface area contributed by atoms with Crippen LogP contribution in [-0.2, 0) is 6.54 Å². The molecule has 0 saturated carbocycles. The van der Waals surface area contributed by atoms with E-state index < -0.39 is 0 Å². The summed E-state index contributed by atoms with van der Waals surface area (Å²) in [5, 5.41) is 4.29. The molecule has 0 fully saturated rings. The first-order valence-corrected chi connectivity index (χ1v) is 7.75. The van der Waals surface area contributed by atoms with Gasteiger partial charge in [0.05, 0.1) is 19.7 Å². The van der Waals surface area contributed by atoms with E-state index in [2.05, 4.69) is 15.3 Å². The zero-order valence-corrected chi connectivity index (χ0v) is 14.4. The van der Waals surface area contributed by atoms with Crippen LogP contribution in [0.5, 0.6) is 5.88 Å². The summed E-state index contributed by atoms with van der Waals surface area (Å²) in [7, 11) is 1.57. The number of aromatic nitrogens is 1. The lowest BCUT2D eigenvalue weighted by Gasteiger charge is -2.16. The lowest BCUT2D eigenvalue weighted by atomic mass is 10.1. The molecule has 1 atom stereocenters. The molecule has 0 bridgehead atoms. The van der Waals surface area contributed by atoms with Crippen molar-refractivity contribution in [3.8, 4) is 5.88 Å². The van der Waals surface area contributed by atoms with Gasteiger partial charge < -0.3 is 15.8 Å². The van der Waals surface area contributed by atoms with Crippen molar-refractivity contribution in [2.45, 2.75) is 19.5 Å². The third kappa shape index (κ3) is 5.01. The first-order chi connectivity index (χ1) is 11.0. The molecule has 0 spiro atoms. The van der Waals surface area contributed by atoms with Crippen LogP contribution >= 0.6 is 23.2 Å². The Balaban J connectivity index is 1.97. The fourth-order valence-corrected chi connectivity index (χ4v) is 2.57. The first kappa shape index (κ1) is 17.4. The van der Waals surface area contributed by atoms with Crippen LogP contribution < -0.4 is 15.8 Å². The second-order valence-electron chi connectivity index (χ2n) is 4.94. The number of benzene rings is 1. The highest BCUT2D eigenvalue weighted by atomic mass is 35.5. The maximum absolute atomic E-state index is 6.18. The van der Waals surface area contributed by atoms with Gasteiger partial charge in [-0.25, -0.2) is 9.98 Å². The van der Waals surface area contributed by atoms with Gasteiger partial charge in [0.25, 0.3) is 0 Å². The van der Waals surface area contributed by atoms with Gasteiger partial charge >= 0.3 is 0 Å². The van der Waals surface area contributed by atoms with E-state index in [9.17, 15) is 0 Å². The van der Waals surface area contributed by atoms with Gasteiger partial charge in [-0.15, -0.1) is 0 Å². The Morgan fingerprint density at radius 1 is 1.35 bits per heavy atom. The molecule has 5 nitrogen and oxygen atoms in total. The lowest BCUT2D eigenvalue weighted by Crippen LogP contribution is -2.34. The molecule has 0 aliphatic rings. The average molecular weight is 353 g/mol. The number of halogens is 2. The Hall–Kier alpha value is -1.98. The van der Waals surface area contributed by atoms with Crippen LogP contribution in [0.3, 0.4) is 0 Å². The number of guanidine groups is 1. The zero-order chi connectivity index (χ0) is 16.8. The summed E-state index contributed by atoms with van der Waals surface area (Å²) in [4.78, 5) is 8.42. The summed E-state index contributed by atoms with van der Waals surface area (Å²) in [5.74, 6) is 0.897. The van der Waals surface area contributed by atoms with Crippen LogP contribution in [0.25, 0.3) is 0 Å². The number of ether oxygens (including phenoxy) is 1. The van der Waals surface area contributed by atoms with E-state index in [1.54, 1.807) is 31.5 Å². The van der Waals surface area contributed by atoms with E-state index >= 15 is 0 Å². The van der Waals surface area contributed by atoms with E-state index in [1.165, 1.54) is 0 Å². The molecule has 2 rings (SSSR count). The number of nitrogens with zero attached hydrogens (tertiary/aromatic N) is 2. The minimum absolute atomic E-state index is 0.0856. The average Bonchev–Trinajstić information content (AvgIpc) is 2.53. The number of rotatable bonds is 5. The van der Waals surface area contributed by atoms with E-state index in [-0.39, 0.29) is 6.04 Å². The molecule has 122 valence electrons. The van der Waals surface area contributed by atoms with Gasteiger partial charge in [0.2, 0.25) is 5.88 Å². The van der Waals surface area contributed by atoms with E-state index in [0.717, 1.165) is 11.1 Å². The summed E-state index contributed by atoms with van der Waals surface area (Å²) in [6.07, 6.45) is 1.70. The third-order valence-corrected chi connectivity index (χ3v) is 3.79. The quantitative estimate of drug-likeness (QED) is 0.637. The van der Waals surface area contributed by atoms with Crippen LogP contribution in [-0.4, -0.2) is 18.1 Å². The standard InChI is InChI=1S/C16H18Cl2N4O/c1-10(13-5-4-12(17)7-14(13)18)22-16(19)21-9-11-3-6-15(23-2)20-8-11/h3-8,10H,9H2,1-2H3,(H3,19,21,22). The summed E-state index contributed by atoms with van der Waals surface area (Å²) in [6, 6.07) is 8.94. The molecule has 1 heterocycles. The molecule has 0 saturated heterocycles. The van der Waals surface area contributed by atoms with E-state index in [1.807, 2.05) is 19.1 Å². The van der Waals surface area contributed by atoms with Crippen molar-refractivity contribution in [2.75, 3.05) is 7.11 Å². The van der Waals surface area contributed by atoms with Gasteiger partial charge in [-0.3, -0.25) is 0 Å². The smallest absolute Gasteiger partial charge is 0.212 e. The van der Waals surface area contributed by atoms with Crippen molar-refractivity contribution in [1.29, 1.82) is 0 Å². The topological polar surface area (TPSA) is 72.5 Å². The largest absolute Gasteiger partial charge is 0.481 e. The number of aliphatic imine (C=N–C) groups is 1. The Morgan fingerprint density at radius 2 is 2.13 bits per heavy atom. The van der Waals surface area contributed by atoms with Gasteiger partial charge in [-0.2, -0.15) is 0 Å². The third-order valence-electron chi connectivity index (χ3n) is 3.23. The highest BCUT2D eigenvalue weighted by molar-refractivity contribution is 6.35. The summed E-state index contributed by atoms with van der Waals surface area (Å²) < 4.78 is 5.01. The maximum Gasteiger partial charge on any atom is 0.212 e. The van der Waals surface area contributed by atoms with Gasteiger partial charge in [0, 0.05) is 22.3 Å². The maximum atomic E-state index is 6.18. The molecule has 0 amide bonds. The number of hydrogen-bond acceptors (Lipinski definition) is 3. The molecular weight excluding hydrogens is 335 g/mol. The van der Waals surface area contributed by atoms with Gasteiger partial charge in [-0.05, 0) is 30.2 Å². The summed E-state index contributed by atoms with van der Waals surface area (Å²) in [5.41, 5.74) is 7.76. The lowest BCUT2D eigenvalue weighted by molar-refractivity contribution is 0.397. The number of hydrogen-bond donors (Lipinski definition) is 2. The predicted octanol–water partition coefficient (Wildman–Crippen LogP) is 3.56. The van der Waals surface area contributed by atoms with Crippen LogP contribution in [0.1, 0.15) is 24.1 Å². The molecule has 1 aromatic heterocycles. The fraction of sp³-hybridized carbons (Fsp3) is 0.250. The molecule has 1 unspecified atom stereocenters. The Kier molecular flexibility index (Phi) is 6.07. The Morgan fingerprint density at radius 3 is 2.74 bits per heavy atom. The predicted molar refractivity (Wildman–Crippen MR) is 94.1 cm³/mol. The van der Waals surface area contributed by atoms with Gasteiger partial charge in [-0.1, -0.05) is 35.3 Å². The van der Waals surface area contributed by atoms with Crippen molar-refractivity contribution >= 4 is 29.2 Å². The minimum Gasteiger partial charge on any atom is -0.481 e. The second kappa shape index (κ2) is 8.04. The molecular formula is C16H18Cl2N4O. The van der Waals surface area contributed by atoms with Crippen molar-refractivity contribution < 1.29 is 4.74 Å². The highest BCUT2D eigenvalue weighted by Gasteiger charge is 2.10. The number of pyridine rings is 1. The normalized spacial score (nSPS) is 12.8. The van der Waals surface area contributed by atoms with Crippen LogP contribution in [0.4, 0.5) is 0 Å². The van der Waals surface area contributed by atoms with Crippen LogP contribution in [0, 0.1) is 0 Å². The number of methoxy groups -OCH3 is 1. The molecule has 0 radical (unpaired) electrons. The van der Waals surface area contributed by atoms with Crippen LogP contribution in [0.15, 0.2) is 41.5 Å². The van der Waals surface area contributed by atoms with Gasteiger partial charge in [0.15, 0.2) is 5.96 Å². The van der Waals surface area contributed by atoms with Crippen molar-refractivity contribution in [3.63, 3.8) is 0 Å². The van der Waals surface area contributed by atoms with Crippen molar-refractivity contribution in [3.05, 3.63) is 57.7 Å². The molecule has 0 aliphatic heterocycles. The van der Waals surface area contributed by atoms with E-state index in [0.29, 0.717) is 28.4 Å². The summed E-state index contributed by atoms with van der Waals surface area (Å²) in [6.45, 7) is 2.38. The molecule has 2 aromatic rings. The molecule has 23 heavy (non-hydrogen) atoms. The number of nitrogens with one attached hydrogen (secondary N) is 1. The van der Waals surface area contributed by atoms with E-state index in [4.69, 9.17) is 33.7 Å². The van der Waals surface area contributed by atoms with Crippen molar-refractivity contribution in [2.24, 2.45) is 10.7 Å². The fourth-order valence-electron chi connectivity index (χ4n) is 2.00. The molecule has 3 N–H and O–H groups in total. The SMILES string of the molecule is COc1ccc(CN=C(N)NC(C)c2ccc(Cl)cc2Cl)cn1. The zero-order valence-electron chi connectivity index (χ0n) is 12.9. The molecule has 7 heteroatoms.